The standard InChI is InChI=1S/C20H18N2O4/c1-11-2-6-16-14(8-11)15(9-17(22-16)12-3-4-12)19(23)21-10-13-5-7-18(26-13)20(24)25/h2,5-9,12H,3-4,10H2,1H3,(H,21,23)(H,24,25). The monoisotopic (exact) mass is 350 g/mol. The topological polar surface area (TPSA) is 92.4 Å². The molecule has 26 heavy (non-hydrogen) atoms. The zero-order chi connectivity index (χ0) is 18.3. The number of rotatable bonds is 5. The number of hydrogen-bond donors (Lipinski definition) is 2. The molecule has 1 amide bonds. The molecule has 6 nitrogen and oxygen atoms in total. The summed E-state index contributed by atoms with van der Waals surface area (Å²) in [6.07, 6.45) is 2.21. The Morgan fingerprint density at radius 2 is 2.04 bits per heavy atom. The van der Waals surface area contributed by atoms with Gasteiger partial charge in [-0.3, -0.25) is 9.78 Å². The van der Waals surface area contributed by atoms with E-state index in [1.54, 1.807) is 6.07 Å². The minimum absolute atomic E-state index is 0.126. The van der Waals surface area contributed by atoms with Gasteiger partial charge in [-0.1, -0.05) is 11.6 Å². The molecule has 1 aliphatic carbocycles. The molecule has 0 radical (unpaired) electrons. The summed E-state index contributed by atoms with van der Waals surface area (Å²) in [5.41, 5.74) is 3.42. The number of carbonyl (C=O) groups excluding carboxylic acids is 1. The van der Waals surface area contributed by atoms with Crippen LogP contribution < -0.4 is 5.32 Å². The molecule has 0 spiro atoms. The number of benzene rings is 1. The molecule has 6 heteroatoms. The molecule has 0 saturated heterocycles. The van der Waals surface area contributed by atoms with Crippen LogP contribution in [0, 0.1) is 6.92 Å². The van der Waals surface area contributed by atoms with Crippen LogP contribution in [0.5, 0.6) is 0 Å². The lowest BCUT2D eigenvalue weighted by Crippen LogP contribution is -2.23. The maximum absolute atomic E-state index is 12.8. The summed E-state index contributed by atoms with van der Waals surface area (Å²) in [4.78, 5) is 28.4. The first kappa shape index (κ1) is 16.3. The SMILES string of the molecule is Cc1ccc2nc(C3CC3)cc(C(=O)NCc3ccc(C(=O)O)o3)c2c1. The van der Waals surface area contributed by atoms with Crippen LogP contribution in [0.3, 0.4) is 0 Å². The van der Waals surface area contributed by atoms with Gasteiger partial charge in [-0.15, -0.1) is 0 Å². The fourth-order valence-electron chi connectivity index (χ4n) is 2.99. The summed E-state index contributed by atoms with van der Waals surface area (Å²) in [5, 5.41) is 12.5. The molecular weight excluding hydrogens is 332 g/mol. The Morgan fingerprint density at radius 1 is 1.23 bits per heavy atom. The second-order valence-electron chi connectivity index (χ2n) is 6.64. The summed E-state index contributed by atoms with van der Waals surface area (Å²) >= 11 is 0. The molecule has 2 N–H and O–H groups in total. The van der Waals surface area contributed by atoms with Crippen LogP contribution in [0.15, 0.2) is 40.8 Å². The molecule has 0 unspecified atom stereocenters. The molecule has 2 heterocycles. The van der Waals surface area contributed by atoms with Crippen molar-refractivity contribution in [3.05, 3.63) is 64.7 Å². The number of carboxylic acid groups (broad SMARTS) is 1. The largest absolute Gasteiger partial charge is 0.475 e. The fourth-order valence-corrected chi connectivity index (χ4v) is 2.99. The normalized spacial score (nSPS) is 13.7. The minimum atomic E-state index is -1.13. The Hall–Kier alpha value is -3.15. The first-order valence-electron chi connectivity index (χ1n) is 8.53. The summed E-state index contributed by atoms with van der Waals surface area (Å²) in [6, 6.07) is 10.7. The number of nitrogens with one attached hydrogen (secondary N) is 1. The number of aromatic nitrogens is 1. The third kappa shape index (κ3) is 3.18. The van der Waals surface area contributed by atoms with Crippen LogP contribution >= 0.6 is 0 Å². The van der Waals surface area contributed by atoms with Gasteiger partial charge in [0.2, 0.25) is 5.76 Å². The van der Waals surface area contributed by atoms with E-state index in [1.807, 2.05) is 31.2 Å². The molecule has 0 atom stereocenters. The molecule has 4 rings (SSSR count). The molecule has 1 aromatic carbocycles. The Balaban J connectivity index is 1.62. The highest BCUT2D eigenvalue weighted by atomic mass is 16.4. The number of carbonyl (C=O) groups is 2. The summed E-state index contributed by atoms with van der Waals surface area (Å²) in [6.45, 7) is 2.10. The van der Waals surface area contributed by atoms with Gasteiger partial charge in [0.15, 0.2) is 0 Å². The Morgan fingerprint density at radius 3 is 2.73 bits per heavy atom. The van der Waals surface area contributed by atoms with Crippen LogP contribution in [-0.2, 0) is 6.54 Å². The number of hydrogen-bond acceptors (Lipinski definition) is 4. The van der Waals surface area contributed by atoms with Gasteiger partial charge in [-0.2, -0.15) is 0 Å². The van der Waals surface area contributed by atoms with Crippen LogP contribution in [0.2, 0.25) is 0 Å². The zero-order valence-corrected chi connectivity index (χ0v) is 14.3. The zero-order valence-electron chi connectivity index (χ0n) is 14.3. The van der Waals surface area contributed by atoms with Crippen molar-refractivity contribution in [2.75, 3.05) is 0 Å². The molecule has 1 fully saturated rings. The maximum atomic E-state index is 12.8. The number of nitrogens with zero attached hydrogens (tertiary/aromatic N) is 1. The van der Waals surface area contributed by atoms with Gasteiger partial charge in [0, 0.05) is 17.0 Å². The van der Waals surface area contributed by atoms with Gasteiger partial charge >= 0.3 is 5.97 Å². The predicted molar refractivity (Wildman–Crippen MR) is 95.3 cm³/mol. The van der Waals surface area contributed by atoms with Crippen molar-refractivity contribution in [1.29, 1.82) is 0 Å². The first-order chi connectivity index (χ1) is 12.5. The Bertz CT molecular complexity index is 1020. The average Bonchev–Trinajstić information content (AvgIpc) is 3.36. The van der Waals surface area contributed by atoms with Crippen LogP contribution in [0.4, 0.5) is 0 Å². The lowest BCUT2D eigenvalue weighted by molar-refractivity contribution is 0.0660. The van der Waals surface area contributed by atoms with Crippen LogP contribution in [0.25, 0.3) is 10.9 Å². The van der Waals surface area contributed by atoms with Crippen LogP contribution in [0.1, 0.15) is 56.7 Å². The van der Waals surface area contributed by atoms with E-state index in [-0.39, 0.29) is 18.2 Å². The predicted octanol–water partition coefficient (Wildman–Crippen LogP) is 3.64. The minimum Gasteiger partial charge on any atom is -0.475 e. The van der Waals surface area contributed by atoms with E-state index in [0.29, 0.717) is 17.2 Å². The van der Waals surface area contributed by atoms with Crippen molar-refractivity contribution in [3.8, 4) is 0 Å². The molecule has 1 saturated carbocycles. The number of aryl methyl sites for hydroxylation is 1. The Kier molecular flexibility index (Phi) is 3.95. The van der Waals surface area contributed by atoms with E-state index in [2.05, 4.69) is 5.32 Å². The molecule has 0 aliphatic heterocycles. The highest BCUT2D eigenvalue weighted by Gasteiger charge is 2.27. The highest BCUT2D eigenvalue weighted by Crippen LogP contribution is 2.40. The summed E-state index contributed by atoms with van der Waals surface area (Å²) in [7, 11) is 0. The number of furan rings is 1. The molecule has 1 aliphatic rings. The number of amides is 1. The van der Waals surface area contributed by atoms with E-state index in [9.17, 15) is 9.59 Å². The van der Waals surface area contributed by atoms with E-state index >= 15 is 0 Å². The van der Waals surface area contributed by atoms with Crippen LogP contribution in [-0.4, -0.2) is 22.0 Å². The molecule has 2 aromatic heterocycles. The Labute approximate surface area is 149 Å². The third-order valence-corrected chi connectivity index (χ3v) is 4.52. The quantitative estimate of drug-likeness (QED) is 0.733. The number of aromatic carboxylic acids is 1. The second-order valence-corrected chi connectivity index (χ2v) is 6.64. The smallest absolute Gasteiger partial charge is 0.371 e. The van der Waals surface area contributed by atoms with Gasteiger partial charge in [0.25, 0.3) is 5.91 Å². The van der Waals surface area contributed by atoms with Gasteiger partial charge < -0.3 is 14.8 Å². The van der Waals surface area contributed by atoms with E-state index < -0.39 is 5.97 Å². The first-order valence-corrected chi connectivity index (χ1v) is 8.53. The maximum Gasteiger partial charge on any atom is 0.371 e. The van der Waals surface area contributed by atoms with Crippen molar-refractivity contribution in [3.63, 3.8) is 0 Å². The molecule has 132 valence electrons. The number of carboxylic acids is 1. The van der Waals surface area contributed by atoms with Gasteiger partial charge in [0.1, 0.15) is 5.76 Å². The van der Waals surface area contributed by atoms with Gasteiger partial charge in [-0.05, 0) is 50.1 Å². The number of fused-ring (bicyclic) bond motifs is 1. The third-order valence-electron chi connectivity index (χ3n) is 4.52. The molecule has 3 aromatic rings. The van der Waals surface area contributed by atoms with E-state index in [1.165, 1.54) is 6.07 Å². The van der Waals surface area contributed by atoms with Crippen molar-refractivity contribution in [2.45, 2.75) is 32.2 Å². The van der Waals surface area contributed by atoms with Crippen molar-refractivity contribution < 1.29 is 19.1 Å². The fraction of sp³-hybridized carbons (Fsp3) is 0.250. The lowest BCUT2D eigenvalue weighted by Gasteiger charge is -2.10. The van der Waals surface area contributed by atoms with E-state index in [0.717, 1.165) is 35.0 Å². The van der Waals surface area contributed by atoms with Crippen molar-refractivity contribution in [1.82, 2.24) is 10.3 Å². The van der Waals surface area contributed by atoms with Gasteiger partial charge in [0.05, 0.1) is 17.6 Å². The molecular formula is C20H18N2O4. The second kappa shape index (κ2) is 6.29. The molecule has 0 bridgehead atoms. The lowest BCUT2D eigenvalue weighted by atomic mass is 10.0. The van der Waals surface area contributed by atoms with Gasteiger partial charge in [-0.25, -0.2) is 4.79 Å². The van der Waals surface area contributed by atoms with Crippen molar-refractivity contribution >= 4 is 22.8 Å². The average molecular weight is 350 g/mol. The van der Waals surface area contributed by atoms with Crippen molar-refractivity contribution in [2.24, 2.45) is 0 Å². The van der Waals surface area contributed by atoms with E-state index in [4.69, 9.17) is 14.5 Å². The number of pyridine rings is 1. The summed E-state index contributed by atoms with van der Waals surface area (Å²) in [5.74, 6) is -0.663. The highest BCUT2D eigenvalue weighted by molar-refractivity contribution is 6.06. The summed E-state index contributed by atoms with van der Waals surface area (Å²) < 4.78 is 5.18.